The van der Waals surface area contributed by atoms with Gasteiger partial charge in [0.05, 0.1) is 4.92 Å². The van der Waals surface area contributed by atoms with E-state index in [0.29, 0.717) is 23.8 Å². The fourth-order valence-corrected chi connectivity index (χ4v) is 2.93. The second kappa shape index (κ2) is 7.92. The normalized spacial score (nSPS) is 13.5. The van der Waals surface area contributed by atoms with E-state index < -0.39 is 4.92 Å². The summed E-state index contributed by atoms with van der Waals surface area (Å²) in [6.07, 6.45) is 1.52. The van der Waals surface area contributed by atoms with Crippen LogP contribution in [0.3, 0.4) is 0 Å². The molecular weight excluding hydrogens is 352 g/mol. The molecule has 0 radical (unpaired) electrons. The second-order valence-electron chi connectivity index (χ2n) is 5.93. The van der Waals surface area contributed by atoms with E-state index in [4.69, 9.17) is 12.2 Å². The van der Waals surface area contributed by atoms with Crippen molar-refractivity contribution in [2.45, 2.75) is 19.4 Å². The van der Waals surface area contributed by atoms with E-state index in [9.17, 15) is 14.9 Å². The Morgan fingerprint density at radius 2 is 1.85 bits per heavy atom. The topological polar surface area (TPSA) is 87.5 Å². The molecule has 8 heteroatoms. The Morgan fingerprint density at radius 3 is 2.42 bits per heavy atom. The van der Waals surface area contributed by atoms with Crippen molar-refractivity contribution in [1.29, 1.82) is 0 Å². The Labute approximate surface area is 156 Å². The molecule has 0 aliphatic carbocycles. The second-order valence-corrected chi connectivity index (χ2v) is 6.34. The number of non-ortho nitro benzene ring substituents is 1. The van der Waals surface area contributed by atoms with Gasteiger partial charge in [0.2, 0.25) is 5.91 Å². The number of nitrogens with one attached hydrogen (secondary N) is 2. The third-order valence-corrected chi connectivity index (χ3v) is 4.36. The first-order chi connectivity index (χ1) is 12.5. The maximum atomic E-state index is 11.8. The summed E-state index contributed by atoms with van der Waals surface area (Å²) in [4.78, 5) is 23.8. The van der Waals surface area contributed by atoms with Gasteiger partial charge in [-0.3, -0.25) is 14.9 Å². The zero-order valence-corrected chi connectivity index (χ0v) is 14.8. The van der Waals surface area contributed by atoms with E-state index in [0.717, 1.165) is 24.2 Å². The van der Waals surface area contributed by atoms with Gasteiger partial charge in [0, 0.05) is 43.0 Å². The van der Waals surface area contributed by atoms with Gasteiger partial charge in [0.15, 0.2) is 5.11 Å². The number of rotatable bonds is 5. The van der Waals surface area contributed by atoms with Crippen molar-refractivity contribution >= 4 is 40.3 Å². The first kappa shape index (κ1) is 17.8. The highest BCUT2D eigenvalue weighted by molar-refractivity contribution is 7.80. The lowest BCUT2D eigenvalue weighted by Gasteiger charge is -2.16. The lowest BCUT2D eigenvalue weighted by molar-refractivity contribution is -0.384. The van der Waals surface area contributed by atoms with Gasteiger partial charge < -0.3 is 15.5 Å². The molecule has 134 valence electrons. The van der Waals surface area contributed by atoms with E-state index in [1.165, 1.54) is 12.1 Å². The van der Waals surface area contributed by atoms with Crippen molar-refractivity contribution in [3.8, 4) is 0 Å². The number of hydrogen-bond acceptors (Lipinski definition) is 4. The van der Waals surface area contributed by atoms with Crippen molar-refractivity contribution in [1.82, 2.24) is 5.32 Å². The number of thiocarbonyl (C=S) groups is 1. The number of carbonyl (C=O) groups is 1. The number of hydrogen-bond donors (Lipinski definition) is 2. The summed E-state index contributed by atoms with van der Waals surface area (Å²) < 4.78 is 0. The quantitative estimate of drug-likeness (QED) is 0.477. The third kappa shape index (κ3) is 4.34. The van der Waals surface area contributed by atoms with Crippen molar-refractivity contribution in [3.63, 3.8) is 0 Å². The van der Waals surface area contributed by atoms with Crippen LogP contribution in [-0.2, 0) is 11.3 Å². The van der Waals surface area contributed by atoms with Crippen LogP contribution < -0.4 is 15.5 Å². The van der Waals surface area contributed by atoms with Crippen LogP contribution in [0.4, 0.5) is 17.1 Å². The molecule has 1 aliphatic rings. The summed E-state index contributed by atoms with van der Waals surface area (Å²) in [5, 5.41) is 17.1. The first-order valence-corrected chi connectivity index (χ1v) is 8.62. The molecule has 1 amide bonds. The van der Waals surface area contributed by atoms with Crippen LogP contribution in [0.1, 0.15) is 18.4 Å². The van der Waals surface area contributed by atoms with E-state index in [1.807, 2.05) is 24.3 Å². The van der Waals surface area contributed by atoms with Crippen molar-refractivity contribution in [3.05, 3.63) is 64.2 Å². The van der Waals surface area contributed by atoms with Crippen molar-refractivity contribution in [2.24, 2.45) is 0 Å². The van der Waals surface area contributed by atoms with Crippen molar-refractivity contribution in [2.75, 3.05) is 16.8 Å². The van der Waals surface area contributed by atoms with Crippen LogP contribution in [0.25, 0.3) is 0 Å². The van der Waals surface area contributed by atoms with E-state index in [2.05, 4.69) is 10.6 Å². The highest BCUT2D eigenvalue weighted by atomic mass is 32.1. The average Bonchev–Trinajstić information content (AvgIpc) is 3.07. The smallest absolute Gasteiger partial charge is 0.269 e. The SMILES string of the molecule is O=C1CCCN1c1ccc(CNC(=S)Nc2ccc([N+](=O)[O-])cc2)cc1. The molecule has 2 aromatic rings. The van der Waals surface area contributed by atoms with E-state index in [1.54, 1.807) is 17.0 Å². The maximum Gasteiger partial charge on any atom is 0.269 e. The number of amides is 1. The summed E-state index contributed by atoms with van der Waals surface area (Å²) in [6.45, 7) is 1.31. The van der Waals surface area contributed by atoms with Gasteiger partial charge in [0.1, 0.15) is 0 Å². The van der Waals surface area contributed by atoms with Gasteiger partial charge in [-0.25, -0.2) is 0 Å². The minimum absolute atomic E-state index is 0.0333. The Hall–Kier alpha value is -3.00. The van der Waals surface area contributed by atoms with Crippen LogP contribution in [0.15, 0.2) is 48.5 Å². The fraction of sp³-hybridized carbons (Fsp3) is 0.222. The number of nitrogens with zero attached hydrogens (tertiary/aromatic N) is 2. The summed E-state index contributed by atoms with van der Waals surface area (Å²) in [6, 6.07) is 13.8. The molecular formula is C18H18N4O3S. The highest BCUT2D eigenvalue weighted by Gasteiger charge is 2.21. The Kier molecular flexibility index (Phi) is 5.43. The van der Waals surface area contributed by atoms with Crippen LogP contribution in [0.2, 0.25) is 0 Å². The first-order valence-electron chi connectivity index (χ1n) is 8.21. The Morgan fingerprint density at radius 1 is 1.15 bits per heavy atom. The molecule has 2 aromatic carbocycles. The zero-order chi connectivity index (χ0) is 18.5. The predicted molar refractivity (Wildman–Crippen MR) is 104 cm³/mol. The molecule has 1 aliphatic heterocycles. The fourth-order valence-electron chi connectivity index (χ4n) is 2.74. The molecule has 0 aromatic heterocycles. The maximum absolute atomic E-state index is 11.8. The number of benzene rings is 2. The monoisotopic (exact) mass is 370 g/mol. The third-order valence-electron chi connectivity index (χ3n) is 4.11. The minimum Gasteiger partial charge on any atom is -0.358 e. The molecule has 0 bridgehead atoms. The number of carbonyl (C=O) groups excluding carboxylic acids is 1. The number of nitro groups is 1. The lowest BCUT2D eigenvalue weighted by Crippen LogP contribution is -2.28. The molecule has 1 saturated heterocycles. The van der Waals surface area contributed by atoms with E-state index in [-0.39, 0.29) is 11.6 Å². The summed E-state index contributed by atoms with van der Waals surface area (Å²) >= 11 is 5.24. The Bertz CT molecular complexity index is 821. The molecule has 0 saturated carbocycles. The van der Waals surface area contributed by atoms with E-state index >= 15 is 0 Å². The van der Waals surface area contributed by atoms with Gasteiger partial charge in [-0.05, 0) is 48.5 Å². The number of anilines is 2. The average molecular weight is 370 g/mol. The molecule has 3 rings (SSSR count). The highest BCUT2D eigenvalue weighted by Crippen LogP contribution is 2.21. The molecule has 26 heavy (non-hydrogen) atoms. The largest absolute Gasteiger partial charge is 0.358 e. The predicted octanol–water partition coefficient (Wildman–Crippen LogP) is 3.21. The number of nitro benzene ring substituents is 1. The molecule has 7 nitrogen and oxygen atoms in total. The summed E-state index contributed by atoms with van der Waals surface area (Å²) in [5.74, 6) is 0.171. The van der Waals surface area contributed by atoms with Crippen molar-refractivity contribution < 1.29 is 9.72 Å². The van der Waals surface area contributed by atoms with Gasteiger partial charge in [-0.1, -0.05) is 12.1 Å². The molecule has 2 N–H and O–H groups in total. The van der Waals surface area contributed by atoms with Gasteiger partial charge in [-0.2, -0.15) is 0 Å². The molecule has 1 fully saturated rings. The van der Waals surface area contributed by atoms with Gasteiger partial charge in [-0.15, -0.1) is 0 Å². The molecule has 0 atom stereocenters. The van der Waals surface area contributed by atoms with Crippen LogP contribution in [-0.4, -0.2) is 22.5 Å². The zero-order valence-electron chi connectivity index (χ0n) is 14.0. The molecule has 0 unspecified atom stereocenters. The van der Waals surface area contributed by atoms with Gasteiger partial charge >= 0.3 is 0 Å². The summed E-state index contributed by atoms with van der Waals surface area (Å²) in [7, 11) is 0. The van der Waals surface area contributed by atoms with Gasteiger partial charge in [0.25, 0.3) is 5.69 Å². The Balaban J connectivity index is 1.51. The van der Waals surface area contributed by atoms with Crippen LogP contribution >= 0.6 is 12.2 Å². The molecule has 1 heterocycles. The molecule has 0 spiro atoms. The van der Waals surface area contributed by atoms with Crippen LogP contribution in [0.5, 0.6) is 0 Å². The standard InChI is InChI=1S/C18H18N4O3S/c23-17-2-1-11-21(17)15-7-3-13(4-8-15)12-19-18(26)20-14-5-9-16(10-6-14)22(24)25/h3-10H,1-2,11-12H2,(H2,19,20,26). The van der Waals surface area contributed by atoms with Crippen LogP contribution in [0, 0.1) is 10.1 Å². The lowest BCUT2D eigenvalue weighted by atomic mass is 10.2. The summed E-state index contributed by atoms with van der Waals surface area (Å²) in [5.41, 5.74) is 2.66. The minimum atomic E-state index is -0.445.